The first-order chi connectivity index (χ1) is 10.3. The average Bonchev–Trinajstić information content (AvgIpc) is 3.05. The molecule has 1 aromatic heterocycles. The summed E-state index contributed by atoms with van der Waals surface area (Å²) in [4.78, 5) is 6.96. The molecule has 122 valence electrons. The lowest BCUT2D eigenvalue weighted by Crippen LogP contribution is -2.36. The number of aromatic nitrogens is 1. The summed E-state index contributed by atoms with van der Waals surface area (Å²) in [5, 5.41) is 0. The summed E-state index contributed by atoms with van der Waals surface area (Å²) in [6.07, 6.45) is 1.19. The van der Waals surface area contributed by atoms with E-state index in [0.717, 1.165) is 12.2 Å². The minimum Gasteiger partial charge on any atom is -0.353 e. The van der Waals surface area contributed by atoms with Crippen molar-refractivity contribution in [3.8, 4) is 0 Å². The lowest BCUT2D eigenvalue weighted by atomic mass is 10.3. The van der Waals surface area contributed by atoms with Gasteiger partial charge in [-0.2, -0.15) is 4.31 Å². The standard InChI is InChI=1S/C16H25N3O2S/c1-5-19(11(2)3)16-15(7-6-12(4)17-16)22(20,21)18-9-13-8-14(13)10-18/h6-7,11,13-14H,5,8-10H2,1-4H3. The molecule has 1 aliphatic carbocycles. The highest BCUT2D eigenvalue weighted by Gasteiger charge is 2.49. The van der Waals surface area contributed by atoms with E-state index < -0.39 is 10.0 Å². The van der Waals surface area contributed by atoms with E-state index in [9.17, 15) is 8.42 Å². The Morgan fingerprint density at radius 3 is 2.50 bits per heavy atom. The fraction of sp³-hybridized carbons (Fsp3) is 0.688. The zero-order valence-electron chi connectivity index (χ0n) is 13.8. The molecule has 1 aliphatic heterocycles. The summed E-state index contributed by atoms with van der Waals surface area (Å²) in [6, 6.07) is 3.73. The summed E-state index contributed by atoms with van der Waals surface area (Å²) >= 11 is 0. The van der Waals surface area contributed by atoms with Crippen molar-refractivity contribution in [1.29, 1.82) is 0 Å². The van der Waals surface area contributed by atoms with Crippen molar-refractivity contribution in [2.24, 2.45) is 11.8 Å². The molecule has 3 rings (SSSR count). The number of piperidine rings is 1. The van der Waals surface area contributed by atoms with Gasteiger partial charge in [-0.1, -0.05) is 0 Å². The fourth-order valence-electron chi connectivity index (χ4n) is 3.39. The van der Waals surface area contributed by atoms with Gasteiger partial charge in [-0.15, -0.1) is 0 Å². The highest BCUT2D eigenvalue weighted by Crippen LogP contribution is 2.47. The Morgan fingerprint density at radius 2 is 1.95 bits per heavy atom. The van der Waals surface area contributed by atoms with Crippen LogP contribution in [0.2, 0.25) is 0 Å². The number of aryl methyl sites for hydroxylation is 1. The number of anilines is 1. The molecule has 0 radical (unpaired) electrons. The van der Waals surface area contributed by atoms with E-state index in [1.807, 2.05) is 13.8 Å². The largest absolute Gasteiger partial charge is 0.353 e. The zero-order chi connectivity index (χ0) is 16.1. The third-order valence-corrected chi connectivity index (χ3v) is 6.63. The summed E-state index contributed by atoms with van der Waals surface area (Å²) < 4.78 is 27.7. The van der Waals surface area contributed by atoms with E-state index in [1.165, 1.54) is 6.42 Å². The number of sulfonamides is 1. The molecule has 1 saturated heterocycles. The molecule has 0 bridgehead atoms. The van der Waals surface area contributed by atoms with Crippen molar-refractivity contribution in [2.75, 3.05) is 24.5 Å². The van der Waals surface area contributed by atoms with Crippen molar-refractivity contribution in [3.05, 3.63) is 17.8 Å². The van der Waals surface area contributed by atoms with Crippen molar-refractivity contribution < 1.29 is 8.42 Å². The summed E-state index contributed by atoms with van der Waals surface area (Å²) in [6.45, 7) is 10.2. The van der Waals surface area contributed by atoms with Crippen LogP contribution in [0.4, 0.5) is 5.82 Å². The first kappa shape index (κ1) is 15.7. The van der Waals surface area contributed by atoms with Crippen LogP contribution in [0.5, 0.6) is 0 Å². The Balaban J connectivity index is 2.02. The number of hydrogen-bond donors (Lipinski definition) is 0. The summed E-state index contributed by atoms with van der Waals surface area (Å²) in [5.41, 5.74) is 0.845. The number of hydrogen-bond acceptors (Lipinski definition) is 4. The first-order valence-corrected chi connectivity index (χ1v) is 9.53. The van der Waals surface area contributed by atoms with Crippen molar-refractivity contribution in [3.63, 3.8) is 0 Å². The maximum absolute atomic E-state index is 13.0. The molecular weight excluding hydrogens is 298 g/mol. The predicted molar refractivity (Wildman–Crippen MR) is 87.5 cm³/mol. The lowest BCUT2D eigenvalue weighted by molar-refractivity contribution is 0.442. The molecule has 1 saturated carbocycles. The highest BCUT2D eigenvalue weighted by molar-refractivity contribution is 7.89. The van der Waals surface area contributed by atoms with Gasteiger partial charge in [-0.25, -0.2) is 13.4 Å². The molecule has 2 heterocycles. The van der Waals surface area contributed by atoms with Gasteiger partial charge in [0.05, 0.1) is 0 Å². The van der Waals surface area contributed by atoms with Crippen LogP contribution < -0.4 is 4.90 Å². The third-order valence-electron chi connectivity index (χ3n) is 4.78. The predicted octanol–water partition coefficient (Wildman–Crippen LogP) is 2.27. The van der Waals surface area contributed by atoms with E-state index >= 15 is 0 Å². The average molecular weight is 323 g/mol. The van der Waals surface area contributed by atoms with Gasteiger partial charge in [0, 0.05) is 31.4 Å². The van der Waals surface area contributed by atoms with Gasteiger partial charge in [0.25, 0.3) is 0 Å². The second-order valence-electron chi connectivity index (χ2n) is 6.73. The van der Waals surface area contributed by atoms with Gasteiger partial charge >= 0.3 is 0 Å². The minimum absolute atomic E-state index is 0.209. The van der Waals surface area contributed by atoms with E-state index in [1.54, 1.807) is 16.4 Å². The molecule has 0 amide bonds. The molecule has 2 unspecified atom stereocenters. The topological polar surface area (TPSA) is 53.5 Å². The van der Waals surface area contributed by atoms with Gasteiger partial charge in [0.2, 0.25) is 10.0 Å². The van der Waals surface area contributed by atoms with Crippen LogP contribution in [0.1, 0.15) is 32.9 Å². The molecule has 6 heteroatoms. The Kier molecular flexibility index (Phi) is 3.93. The van der Waals surface area contributed by atoms with E-state index in [0.29, 0.717) is 35.6 Å². The molecule has 0 aromatic carbocycles. The molecular formula is C16H25N3O2S. The molecule has 5 nitrogen and oxygen atoms in total. The summed E-state index contributed by atoms with van der Waals surface area (Å²) in [7, 11) is -3.45. The van der Waals surface area contributed by atoms with Crippen LogP contribution in [0.25, 0.3) is 0 Å². The Bertz CT molecular complexity index is 662. The fourth-order valence-corrected chi connectivity index (χ4v) is 5.07. The molecule has 2 atom stereocenters. The second kappa shape index (κ2) is 5.49. The van der Waals surface area contributed by atoms with Gasteiger partial charge in [-0.05, 0) is 58.1 Å². The Morgan fingerprint density at radius 1 is 1.32 bits per heavy atom. The first-order valence-electron chi connectivity index (χ1n) is 8.09. The number of rotatable bonds is 5. The van der Waals surface area contributed by atoms with Crippen LogP contribution in [-0.4, -0.2) is 43.4 Å². The van der Waals surface area contributed by atoms with Gasteiger partial charge < -0.3 is 4.90 Å². The number of pyridine rings is 1. The molecule has 2 fully saturated rings. The van der Waals surface area contributed by atoms with E-state index in [2.05, 4.69) is 23.7 Å². The second-order valence-corrected chi connectivity index (χ2v) is 8.64. The lowest BCUT2D eigenvalue weighted by Gasteiger charge is -2.29. The number of nitrogens with zero attached hydrogens (tertiary/aromatic N) is 3. The van der Waals surface area contributed by atoms with Crippen LogP contribution >= 0.6 is 0 Å². The Labute approximate surface area is 133 Å². The minimum atomic E-state index is -3.45. The van der Waals surface area contributed by atoms with Crippen LogP contribution in [-0.2, 0) is 10.0 Å². The normalized spacial score (nSPS) is 24.6. The van der Waals surface area contributed by atoms with Crippen molar-refractivity contribution in [2.45, 2.75) is 45.1 Å². The monoisotopic (exact) mass is 323 g/mol. The van der Waals surface area contributed by atoms with Gasteiger partial charge in [0.15, 0.2) is 0 Å². The maximum Gasteiger partial charge on any atom is 0.246 e. The number of fused-ring (bicyclic) bond motifs is 1. The molecule has 0 N–H and O–H groups in total. The quantitative estimate of drug-likeness (QED) is 0.834. The SMILES string of the molecule is CCN(c1nc(C)ccc1S(=O)(=O)N1CC2CC2C1)C(C)C. The summed E-state index contributed by atoms with van der Waals surface area (Å²) in [5.74, 6) is 1.77. The molecule has 2 aliphatic rings. The van der Waals surface area contributed by atoms with Gasteiger partial charge in [-0.3, -0.25) is 0 Å². The zero-order valence-corrected chi connectivity index (χ0v) is 14.6. The smallest absolute Gasteiger partial charge is 0.246 e. The van der Waals surface area contributed by atoms with Gasteiger partial charge in [0.1, 0.15) is 10.7 Å². The van der Waals surface area contributed by atoms with Crippen molar-refractivity contribution in [1.82, 2.24) is 9.29 Å². The van der Waals surface area contributed by atoms with Crippen LogP contribution in [0.3, 0.4) is 0 Å². The van der Waals surface area contributed by atoms with E-state index in [-0.39, 0.29) is 6.04 Å². The highest BCUT2D eigenvalue weighted by atomic mass is 32.2. The Hall–Kier alpha value is -1.14. The molecule has 1 aromatic rings. The van der Waals surface area contributed by atoms with E-state index in [4.69, 9.17) is 0 Å². The molecule has 0 spiro atoms. The van der Waals surface area contributed by atoms with Crippen LogP contribution in [0, 0.1) is 18.8 Å². The van der Waals surface area contributed by atoms with Crippen molar-refractivity contribution >= 4 is 15.8 Å². The maximum atomic E-state index is 13.0. The van der Waals surface area contributed by atoms with Crippen LogP contribution in [0.15, 0.2) is 17.0 Å². The third kappa shape index (κ3) is 2.63. The molecule has 22 heavy (non-hydrogen) atoms.